The molecule has 0 unspecified atom stereocenters. The van der Waals surface area contributed by atoms with E-state index >= 15 is 0 Å². The lowest BCUT2D eigenvalue weighted by Crippen LogP contribution is -2.04. The van der Waals surface area contributed by atoms with E-state index in [-0.39, 0.29) is 25.2 Å². The summed E-state index contributed by atoms with van der Waals surface area (Å²) >= 11 is 0. The molecule has 0 aromatic heterocycles. The molecule has 0 saturated carbocycles. The summed E-state index contributed by atoms with van der Waals surface area (Å²) in [7, 11) is 1.33. The Morgan fingerprint density at radius 3 is 1.75 bits per heavy atom. The summed E-state index contributed by atoms with van der Waals surface area (Å²) in [6.07, 6.45) is 4.20. The van der Waals surface area contributed by atoms with Crippen LogP contribution in [0, 0.1) is 0 Å². The van der Waals surface area contributed by atoms with Crippen molar-refractivity contribution in [2.75, 3.05) is 26.9 Å². The predicted octanol–water partition coefficient (Wildman–Crippen LogP) is 1.96. The molecule has 0 heterocycles. The summed E-state index contributed by atoms with van der Waals surface area (Å²) < 4.78 is 13.3. The molecule has 0 bridgehead atoms. The highest BCUT2D eigenvalue weighted by atomic mass is 16.5. The summed E-state index contributed by atoms with van der Waals surface area (Å²) in [6.45, 7) is 13.8. The van der Waals surface area contributed by atoms with Crippen LogP contribution in [0.25, 0.3) is 0 Å². The number of rotatable bonds is 8. The standard InChI is InChI=1S/C7H12O2.C5H8O3.C5H8O2/c1-3-5-6-9-7(8)4-2;1-2-5(7)8-4-3-6;1-4(2)5(6)7-3/h4H,2-3,5-6H2,1H3;2,6H,1,3-4H2;1H2,2-3H3. The Kier molecular flexibility index (Phi) is 22.7. The highest BCUT2D eigenvalue weighted by Crippen LogP contribution is 1.88. The first-order valence-corrected chi connectivity index (χ1v) is 7.23. The number of aliphatic hydroxyl groups excluding tert-OH is 1. The van der Waals surface area contributed by atoms with Gasteiger partial charge in [0.15, 0.2) is 0 Å². The van der Waals surface area contributed by atoms with Crippen LogP contribution >= 0.6 is 0 Å². The molecule has 0 aliphatic carbocycles. The van der Waals surface area contributed by atoms with Crippen molar-refractivity contribution < 1.29 is 33.7 Å². The minimum atomic E-state index is -0.501. The molecular weight excluding hydrogens is 316 g/mol. The summed E-state index contributed by atoms with van der Waals surface area (Å²) in [5, 5.41) is 8.10. The third-order valence-corrected chi connectivity index (χ3v) is 1.95. The maximum atomic E-state index is 10.3. The lowest BCUT2D eigenvalue weighted by atomic mass is 10.4. The van der Waals surface area contributed by atoms with E-state index in [0.29, 0.717) is 12.2 Å². The predicted molar refractivity (Wildman–Crippen MR) is 91.1 cm³/mol. The van der Waals surface area contributed by atoms with Gasteiger partial charge < -0.3 is 19.3 Å². The average molecular weight is 344 g/mol. The second-order valence-corrected chi connectivity index (χ2v) is 4.09. The van der Waals surface area contributed by atoms with Crippen molar-refractivity contribution in [2.24, 2.45) is 0 Å². The molecule has 0 radical (unpaired) electrons. The number of carbonyl (C=O) groups is 3. The second-order valence-electron chi connectivity index (χ2n) is 4.09. The zero-order chi connectivity index (χ0) is 19.4. The largest absolute Gasteiger partial charge is 0.466 e. The molecule has 0 aromatic carbocycles. The van der Waals surface area contributed by atoms with Crippen molar-refractivity contribution >= 4 is 17.9 Å². The van der Waals surface area contributed by atoms with Gasteiger partial charge in [-0.25, -0.2) is 14.4 Å². The second kappa shape index (κ2) is 20.6. The first-order valence-electron chi connectivity index (χ1n) is 7.23. The van der Waals surface area contributed by atoms with Gasteiger partial charge in [0.2, 0.25) is 0 Å². The summed E-state index contributed by atoms with van der Waals surface area (Å²) in [5.74, 6) is -1.18. The molecule has 0 amide bonds. The molecule has 0 saturated heterocycles. The fourth-order valence-corrected chi connectivity index (χ4v) is 0.755. The molecule has 1 N–H and O–H groups in total. The SMILES string of the molecule is C=C(C)C(=O)OC.C=CC(=O)OCCCC.C=CC(=O)OCCO. The van der Waals surface area contributed by atoms with Crippen LogP contribution in [0.2, 0.25) is 0 Å². The summed E-state index contributed by atoms with van der Waals surface area (Å²) in [6, 6.07) is 0. The number of esters is 3. The average Bonchev–Trinajstić information content (AvgIpc) is 2.59. The van der Waals surface area contributed by atoms with Crippen LogP contribution in [0.1, 0.15) is 26.7 Å². The smallest absolute Gasteiger partial charge is 0.332 e. The number of carbonyl (C=O) groups excluding carboxylic acids is 3. The topological polar surface area (TPSA) is 99.1 Å². The summed E-state index contributed by atoms with van der Waals surface area (Å²) in [5.41, 5.74) is 0.433. The molecule has 0 aromatic rings. The van der Waals surface area contributed by atoms with E-state index in [1.807, 2.05) is 6.92 Å². The molecule has 7 heteroatoms. The third-order valence-electron chi connectivity index (χ3n) is 1.95. The Labute approximate surface area is 143 Å². The van der Waals surface area contributed by atoms with Gasteiger partial charge in [0, 0.05) is 17.7 Å². The van der Waals surface area contributed by atoms with Gasteiger partial charge in [-0.1, -0.05) is 33.1 Å². The first kappa shape index (κ1) is 26.5. The van der Waals surface area contributed by atoms with E-state index in [9.17, 15) is 14.4 Å². The van der Waals surface area contributed by atoms with E-state index < -0.39 is 5.97 Å². The molecule has 0 atom stereocenters. The van der Waals surface area contributed by atoms with Crippen LogP contribution in [0.5, 0.6) is 0 Å². The molecule has 24 heavy (non-hydrogen) atoms. The molecule has 0 aliphatic rings. The normalized spacial score (nSPS) is 8.17. The number of aliphatic hydroxyl groups is 1. The van der Waals surface area contributed by atoms with Gasteiger partial charge in [-0.15, -0.1) is 0 Å². The lowest BCUT2D eigenvalue weighted by molar-refractivity contribution is -0.139. The van der Waals surface area contributed by atoms with Gasteiger partial charge in [-0.3, -0.25) is 0 Å². The van der Waals surface area contributed by atoms with Crippen LogP contribution in [0.3, 0.4) is 0 Å². The number of hydrogen-bond acceptors (Lipinski definition) is 7. The van der Waals surface area contributed by atoms with Crippen molar-refractivity contribution in [3.05, 3.63) is 37.5 Å². The van der Waals surface area contributed by atoms with Crippen LogP contribution in [-0.4, -0.2) is 49.9 Å². The number of hydrogen-bond donors (Lipinski definition) is 1. The first-order chi connectivity index (χ1) is 11.3. The molecular formula is C17H28O7. The molecule has 0 fully saturated rings. The number of ether oxygens (including phenoxy) is 3. The monoisotopic (exact) mass is 344 g/mol. The van der Waals surface area contributed by atoms with Crippen molar-refractivity contribution in [3.8, 4) is 0 Å². The molecule has 138 valence electrons. The van der Waals surface area contributed by atoms with Crippen molar-refractivity contribution in [2.45, 2.75) is 26.7 Å². The van der Waals surface area contributed by atoms with E-state index in [4.69, 9.17) is 5.11 Å². The van der Waals surface area contributed by atoms with Crippen molar-refractivity contribution in [1.29, 1.82) is 0 Å². The highest BCUT2D eigenvalue weighted by molar-refractivity contribution is 5.86. The summed E-state index contributed by atoms with van der Waals surface area (Å²) in [4.78, 5) is 30.7. The van der Waals surface area contributed by atoms with E-state index in [1.165, 1.54) is 13.2 Å². The van der Waals surface area contributed by atoms with Gasteiger partial charge in [-0.05, 0) is 13.3 Å². The van der Waals surface area contributed by atoms with Crippen molar-refractivity contribution in [3.63, 3.8) is 0 Å². The Morgan fingerprint density at radius 2 is 1.50 bits per heavy atom. The van der Waals surface area contributed by atoms with Crippen LogP contribution < -0.4 is 0 Å². The van der Waals surface area contributed by atoms with E-state index in [0.717, 1.165) is 18.9 Å². The van der Waals surface area contributed by atoms with Gasteiger partial charge in [0.25, 0.3) is 0 Å². The van der Waals surface area contributed by atoms with E-state index in [2.05, 4.69) is 33.9 Å². The Balaban J connectivity index is -0.000000278. The van der Waals surface area contributed by atoms with Crippen LogP contribution in [0.4, 0.5) is 0 Å². The molecule has 7 nitrogen and oxygen atoms in total. The minimum Gasteiger partial charge on any atom is -0.466 e. The molecule has 0 aliphatic heterocycles. The van der Waals surface area contributed by atoms with Gasteiger partial charge in [-0.2, -0.15) is 0 Å². The van der Waals surface area contributed by atoms with Gasteiger partial charge in [0.05, 0.1) is 20.3 Å². The number of methoxy groups -OCH3 is 1. The number of unbranched alkanes of at least 4 members (excludes halogenated alkanes) is 1. The fraction of sp³-hybridized carbons (Fsp3) is 0.471. The zero-order valence-electron chi connectivity index (χ0n) is 14.7. The quantitative estimate of drug-likeness (QED) is 0.311. The zero-order valence-corrected chi connectivity index (χ0v) is 14.7. The highest BCUT2D eigenvalue weighted by Gasteiger charge is 1.95. The van der Waals surface area contributed by atoms with Crippen LogP contribution in [0.15, 0.2) is 37.5 Å². The van der Waals surface area contributed by atoms with E-state index in [1.54, 1.807) is 6.92 Å². The fourth-order valence-electron chi connectivity index (χ4n) is 0.755. The van der Waals surface area contributed by atoms with Crippen molar-refractivity contribution in [1.82, 2.24) is 0 Å². The lowest BCUT2D eigenvalue weighted by Gasteiger charge is -1.97. The Morgan fingerprint density at radius 1 is 1.04 bits per heavy atom. The maximum Gasteiger partial charge on any atom is 0.332 e. The third kappa shape index (κ3) is 24.6. The Bertz CT molecular complexity index is 400. The van der Waals surface area contributed by atoms with Crippen LogP contribution in [-0.2, 0) is 28.6 Å². The maximum absolute atomic E-state index is 10.3. The van der Waals surface area contributed by atoms with Gasteiger partial charge in [0.1, 0.15) is 6.61 Å². The molecule has 0 rings (SSSR count). The molecule has 0 spiro atoms. The van der Waals surface area contributed by atoms with Gasteiger partial charge >= 0.3 is 17.9 Å². The minimum absolute atomic E-state index is 0.0465. The Hall–Kier alpha value is -2.41.